The van der Waals surface area contributed by atoms with Crippen molar-refractivity contribution in [2.45, 2.75) is 101 Å². The van der Waals surface area contributed by atoms with Crippen LogP contribution in [-0.4, -0.2) is 76.7 Å². The molecule has 0 unspecified atom stereocenters. The van der Waals surface area contributed by atoms with E-state index < -0.39 is 27.3 Å². The first-order valence-electron chi connectivity index (χ1n) is 17.4. The van der Waals surface area contributed by atoms with Gasteiger partial charge in [-0.15, -0.1) is 0 Å². The Kier molecular flexibility index (Phi) is 10.7. The summed E-state index contributed by atoms with van der Waals surface area (Å²) >= 11 is 0. The van der Waals surface area contributed by atoms with Gasteiger partial charge >= 0.3 is 0 Å². The lowest BCUT2D eigenvalue weighted by atomic mass is 9.68. The zero-order valence-electron chi connectivity index (χ0n) is 27.8. The van der Waals surface area contributed by atoms with E-state index in [-0.39, 0.29) is 5.75 Å². The predicted octanol–water partition coefficient (Wildman–Crippen LogP) is 7.19. The van der Waals surface area contributed by atoms with Crippen molar-refractivity contribution < 1.29 is 22.7 Å². The van der Waals surface area contributed by atoms with Crippen molar-refractivity contribution in [3.8, 4) is 5.75 Å². The van der Waals surface area contributed by atoms with Gasteiger partial charge in [0.05, 0.1) is 49.5 Å². The van der Waals surface area contributed by atoms with Gasteiger partial charge in [-0.2, -0.15) is 0 Å². The molecule has 4 aliphatic rings. The predicted molar refractivity (Wildman–Crippen MR) is 180 cm³/mol. The van der Waals surface area contributed by atoms with Crippen molar-refractivity contribution in [1.82, 2.24) is 0 Å². The molecule has 1 N–H and O–H groups in total. The van der Waals surface area contributed by atoms with Crippen LogP contribution in [0.25, 0.3) is 0 Å². The summed E-state index contributed by atoms with van der Waals surface area (Å²) in [6.45, 7) is 10.4. The highest BCUT2D eigenvalue weighted by atomic mass is 32.2. The van der Waals surface area contributed by atoms with Gasteiger partial charge in [-0.05, 0) is 92.3 Å². The fraction of sp³-hybridized carbons (Fsp3) is 0.676. The number of benzene rings is 2. The van der Waals surface area contributed by atoms with Crippen molar-refractivity contribution >= 4 is 15.5 Å². The molecule has 4 aliphatic heterocycles. The molecule has 2 aromatic carbocycles. The fourth-order valence-corrected chi connectivity index (χ4v) is 10.6. The highest BCUT2D eigenvalue weighted by Gasteiger charge is 2.49. The van der Waals surface area contributed by atoms with E-state index in [2.05, 4.69) is 13.8 Å². The molecule has 0 aliphatic carbocycles. The lowest BCUT2D eigenvalue weighted by molar-refractivity contribution is -0.942. The molecule has 2 atom stereocenters. The van der Waals surface area contributed by atoms with Crippen LogP contribution in [0.4, 0.5) is 5.69 Å². The van der Waals surface area contributed by atoms with E-state index in [1.807, 2.05) is 55.4 Å². The first kappa shape index (κ1) is 33.3. The zero-order chi connectivity index (χ0) is 31.4. The lowest BCUT2D eigenvalue weighted by Gasteiger charge is -2.49. The summed E-state index contributed by atoms with van der Waals surface area (Å²) in [5.41, 5.74) is 1.89. The zero-order valence-corrected chi connectivity index (χ0v) is 28.6. The summed E-state index contributed by atoms with van der Waals surface area (Å²) in [4.78, 5) is 2.36. The average Bonchev–Trinajstić information content (AvgIpc) is 3.10. The molecule has 0 radical (unpaired) electrons. The minimum Gasteiger partial charge on any atom is -0.494 e. The Labute approximate surface area is 267 Å². The molecule has 244 valence electrons. The van der Waals surface area contributed by atoms with E-state index in [4.69, 9.17) is 4.74 Å². The van der Waals surface area contributed by atoms with E-state index in [9.17, 15) is 13.5 Å². The standard InChI is InChI=1S/C37H57N2O4S/c1-5-7-20-37(21-8-6-2)28-44(41,42)34-16-13-31(38(3)4)27-33(34)35(36(37)40)30-11-14-32(15-12-30)43-26-10-9-22-39-23-17-29(18-24-39)19-25-39/h11-16,27,29,35-36,40H,5-10,17-26,28H2,1-4H3/q+1/t29?,35-,36-,39?/m1/s1. The number of fused-ring (bicyclic) bond motifs is 4. The molecule has 0 aromatic heterocycles. The molecule has 3 saturated heterocycles. The smallest absolute Gasteiger partial charge is 0.179 e. The molecule has 44 heavy (non-hydrogen) atoms. The number of hydrogen-bond donors (Lipinski definition) is 1. The average molecular weight is 626 g/mol. The first-order chi connectivity index (χ1) is 21.1. The van der Waals surface area contributed by atoms with Crippen LogP contribution in [0, 0.1) is 11.3 Å². The van der Waals surface area contributed by atoms with Crippen molar-refractivity contribution in [3.63, 3.8) is 0 Å². The normalized spacial score (nSPS) is 27.0. The second kappa shape index (κ2) is 14.1. The quantitative estimate of drug-likeness (QED) is 0.178. The Bertz CT molecular complexity index is 1310. The summed E-state index contributed by atoms with van der Waals surface area (Å²) in [5.74, 6) is 1.39. The van der Waals surface area contributed by atoms with Gasteiger partial charge in [0.25, 0.3) is 0 Å². The van der Waals surface area contributed by atoms with Gasteiger partial charge in [-0.25, -0.2) is 8.42 Å². The van der Waals surface area contributed by atoms with Gasteiger partial charge in [-0.3, -0.25) is 0 Å². The highest BCUT2D eigenvalue weighted by molar-refractivity contribution is 7.91. The van der Waals surface area contributed by atoms with E-state index in [1.54, 1.807) is 6.07 Å². The third-order valence-corrected chi connectivity index (χ3v) is 13.2. The van der Waals surface area contributed by atoms with Crippen molar-refractivity contribution in [3.05, 3.63) is 53.6 Å². The van der Waals surface area contributed by atoms with E-state index in [0.29, 0.717) is 29.9 Å². The second-order valence-corrected chi connectivity index (χ2v) is 16.4. The van der Waals surface area contributed by atoms with Crippen molar-refractivity contribution in [2.75, 3.05) is 57.5 Å². The number of unbranched alkanes of at least 4 members (excludes halogenated alkanes) is 3. The third kappa shape index (κ3) is 7.15. The van der Waals surface area contributed by atoms with Gasteiger partial charge < -0.3 is 19.2 Å². The Hall–Kier alpha value is -2.09. The fourth-order valence-electron chi connectivity index (χ4n) is 8.37. The molecule has 6 nitrogen and oxygen atoms in total. The molecule has 2 aromatic rings. The van der Waals surface area contributed by atoms with Crippen LogP contribution >= 0.6 is 0 Å². The van der Waals surface area contributed by atoms with Gasteiger partial charge in [0, 0.05) is 31.1 Å². The second-order valence-electron chi connectivity index (χ2n) is 14.5. The minimum atomic E-state index is -3.61. The monoisotopic (exact) mass is 625 g/mol. The molecular weight excluding hydrogens is 568 g/mol. The van der Waals surface area contributed by atoms with Crippen LogP contribution in [0.3, 0.4) is 0 Å². The van der Waals surface area contributed by atoms with Crippen LogP contribution in [0.15, 0.2) is 47.4 Å². The Morgan fingerprint density at radius 2 is 1.55 bits per heavy atom. The van der Waals surface area contributed by atoms with Gasteiger partial charge in [-0.1, -0.05) is 51.7 Å². The molecule has 3 fully saturated rings. The molecule has 0 saturated carbocycles. The topological polar surface area (TPSA) is 66.8 Å². The molecule has 0 amide bonds. The van der Waals surface area contributed by atoms with E-state index in [0.717, 1.165) is 55.0 Å². The Morgan fingerprint density at radius 1 is 0.909 bits per heavy atom. The van der Waals surface area contributed by atoms with Crippen LogP contribution in [0.1, 0.15) is 102 Å². The molecule has 4 heterocycles. The number of aliphatic hydroxyl groups is 1. The van der Waals surface area contributed by atoms with Gasteiger partial charge in [0.1, 0.15) is 5.75 Å². The van der Waals surface area contributed by atoms with Crippen molar-refractivity contribution in [2.24, 2.45) is 11.3 Å². The van der Waals surface area contributed by atoms with Gasteiger partial charge in [0.15, 0.2) is 9.84 Å². The molecule has 6 rings (SSSR count). The van der Waals surface area contributed by atoms with Crippen molar-refractivity contribution in [1.29, 1.82) is 0 Å². The number of hydrogen-bond acceptors (Lipinski definition) is 5. The summed E-state index contributed by atoms with van der Waals surface area (Å²) in [6.07, 6.45) is 10.9. The summed E-state index contributed by atoms with van der Waals surface area (Å²) in [5, 5.41) is 12.4. The Balaban J connectivity index is 1.37. The van der Waals surface area contributed by atoms with Gasteiger partial charge in [0.2, 0.25) is 0 Å². The largest absolute Gasteiger partial charge is 0.494 e. The number of nitrogens with zero attached hydrogens (tertiary/aromatic N) is 2. The maximum absolute atomic E-state index is 14.1. The first-order valence-corrected chi connectivity index (χ1v) is 19.1. The number of aliphatic hydroxyl groups excluding tert-OH is 1. The molecular formula is C37H57N2O4S+. The molecule has 7 heteroatoms. The van der Waals surface area contributed by atoms with Crippen LogP contribution in [-0.2, 0) is 9.84 Å². The summed E-state index contributed by atoms with van der Waals surface area (Å²) in [6, 6.07) is 13.8. The Morgan fingerprint density at radius 3 is 2.14 bits per heavy atom. The number of anilines is 1. The van der Waals surface area contributed by atoms with Crippen LogP contribution in [0.5, 0.6) is 5.75 Å². The van der Waals surface area contributed by atoms with E-state index in [1.165, 1.54) is 56.3 Å². The molecule has 0 spiro atoms. The minimum absolute atomic E-state index is 0.00620. The number of sulfone groups is 1. The van der Waals surface area contributed by atoms with E-state index >= 15 is 0 Å². The molecule has 2 bridgehead atoms. The SMILES string of the molecule is CCCCC1(CCCC)CS(=O)(=O)c2ccc(N(C)C)cc2[C@@H](c2ccc(OCCCC[N+]34CCC(CC3)CC4)cc2)[C@H]1O. The van der Waals surface area contributed by atoms with Crippen LogP contribution in [0.2, 0.25) is 0 Å². The maximum atomic E-state index is 14.1. The lowest BCUT2D eigenvalue weighted by Crippen LogP contribution is -2.58. The highest BCUT2D eigenvalue weighted by Crippen LogP contribution is 2.50. The summed E-state index contributed by atoms with van der Waals surface area (Å²) < 4.78 is 35.6. The summed E-state index contributed by atoms with van der Waals surface area (Å²) in [7, 11) is 0.330. The van der Waals surface area contributed by atoms with Crippen LogP contribution < -0.4 is 9.64 Å². The maximum Gasteiger partial charge on any atom is 0.179 e. The third-order valence-electron chi connectivity index (χ3n) is 11.2. The number of quaternary nitrogens is 1. The number of ether oxygens (including phenoxy) is 1. The number of rotatable bonds is 14. The number of piperidine rings is 3.